The molecule has 0 saturated carbocycles. The smallest absolute Gasteiger partial charge is 0.305 e. The lowest BCUT2D eigenvalue weighted by atomic mass is 9.95. The summed E-state index contributed by atoms with van der Waals surface area (Å²) in [6.07, 6.45) is -27.9. The van der Waals surface area contributed by atoms with E-state index in [-0.39, 0.29) is 0 Å². The second kappa shape index (κ2) is 25.2. The molecule has 3 rings (SSSR count). The molecule has 15 unspecified atom stereocenters. The molecule has 15 atom stereocenters. The van der Waals surface area contributed by atoms with Crippen molar-refractivity contribution in [2.75, 3.05) is 19.8 Å². The van der Waals surface area contributed by atoms with Crippen LogP contribution in [0.15, 0.2) is 0 Å². The molecule has 0 aromatic rings. The molecule has 27 nitrogen and oxygen atoms in total. The number of carbonyl (C=O) groups excluding carboxylic acids is 11. The first-order valence-corrected chi connectivity index (χ1v) is 20.3. The highest BCUT2D eigenvalue weighted by molar-refractivity contribution is 5.70. The molecule has 0 N–H and O–H groups in total. The summed E-state index contributed by atoms with van der Waals surface area (Å²) in [6.45, 7) is 8.50. The highest BCUT2D eigenvalue weighted by Gasteiger charge is 2.60. The van der Waals surface area contributed by atoms with Crippen molar-refractivity contribution in [3.8, 4) is 0 Å². The third-order valence-corrected chi connectivity index (χ3v) is 9.11. The van der Waals surface area contributed by atoms with E-state index in [2.05, 4.69) is 0 Å². The van der Waals surface area contributed by atoms with Crippen LogP contribution >= 0.6 is 0 Å². The molecule has 0 amide bonds. The summed E-state index contributed by atoms with van der Waals surface area (Å²) in [6, 6.07) is 0. The molecule has 0 aliphatic carbocycles. The van der Waals surface area contributed by atoms with Crippen LogP contribution in [0.5, 0.6) is 0 Å². The molecule has 67 heavy (non-hydrogen) atoms. The minimum absolute atomic E-state index is 0.700. The summed E-state index contributed by atoms with van der Waals surface area (Å²) >= 11 is 0. The molecule has 376 valence electrons. The first kappa shape index (κ1) is 55.3. The van der Waals surface area contributed by atoms with E-state index in [0.29, 0.717) is 0 Å². The Bertz CT molecular complexity index is 1850. The van der Waals surface area contributed by atoms with Gasteiger partial charge >= 0.3 is 65.7 Å². The average Bonchev–Trinajstić information content (AvgIpc) is 3.17. The third-order valence-electron chi connectivity index (χ3n) is 9.11. The van der Waals surface area contributed by atoms with E-state index >= 15 is 0 Å². The van der Waals surface area contributed by atoms with Gasteiger partial charge in [0.25, 0.3) is 0 Å². The number of hydrogen-bond donors (Lipinski definition) is 0. The zero-order valence-electron chi connectivity index (χ0n) is 38.3. The highest BCUT2D eigenvalue weighted by atomic mass is 16.8. The van der Waals surface area contributed by atoms with Crippen LogP contribution in [0.1, 0.15) is 76.2 Å². The van der Waals surface area contributed by atoms with Gasteiger partial charge < -0.3 is 75.8 Å². The molecule has 0 radical (unpaired) electrons. The molecule has 3 aliphatic rings. The summed E-state index contributed by atoms with van der Waals surface area (Å²) in [4.78, 5) is 137. The predicted octanol–water partition coefficient (Wildman–Crippen LogP) is -1.29. The Balaban J connectivity index is 2.38. The Kier molecular flexibility index (Phi) is 20.8. The second-order valence-corrected chi connectivity index (χ2v) is 14.9. The van der Waals surface area contributed by atoms with Gasteiger partial charge in [-0.2, -0.15) is 0 Å². The molecule has 0 aromatic carbocycles. The van der Waals surface area contributed by atoms with Gasteiger partial charge in [-0.25, -0.2) is 0 Å². The van der Waals surface area contributed by atoms with Gasteiger partial charge in [-0.1, -0.05) is 0 Å². The van der Waals surface area contributed by atoms with E-state index in [0.717, 1.165) is 76.2 Å². The van der Waals surface area contributed by atoms with Crippen LogP contribution in [-0.4, -0.2) is 178 Å². The normalized spacial score (nSPS) is 31.2. The fourth-order valence-corrected chi connectivity index (χ4v) is 7.01. The van der Waals surface area contributed by atoms with Crippen molar-refractivity contribution in [1.82, 2.24) is 0 Å². The van der Waals surface area contributed by atoms with Crippen LogP contribution in [-0.2, 0) is 129 Å². The molecular weight excluding hydrogens is 912 g/mol. The molecule has 3 saturated heterocycles. The number of hydrogen-bond acceptors (Lipinski definition) is 27. The lowest BCUT2D eigenvalue weighted by Crippen LogP contribution is -2.69. The second-order valence-electron chi connectivity index (χ2n) is 14.9. The molecule has 3 aliphatic heterocycles. The van der Waals surface area contributed by atoms with E-state index in [1.54, 1.807) is 0 Å². The van der Waals surface area contributed by atoms with Crippen molar-refractivity contribution < 1.29 is 129 Å². The molecule has 0 spiro atoms. The van der Waals surface area contributed by atoms with Crippen LogP contribution < -0.4 is 0 Å². The maximum atomic E-state index is 13.1. The SMILES string of the molecule is CC(=O)OCC1OC(OC2C(OC(C)=O)C(COC(C)=O)OC(OC3C(OC(C)=O)C(COC(C)=O)OC(OC(C)=O)C3OC(C)=O)C2OC(C)=O)C(OC(C)=O)C(OC(C)=O)C1OC(C)=O. The minimum Gasteiger partial charge on any atom is -0.463 e. The van der Waals surface area contributed by atoms with Gasteiger partial charge in [0, 0.05) is 76.2 Å². The zero-order chi connectivity index (χ0) is 50.4. The Hall–Kier alpha value is -6.03. The summed E-state index contributed by atoms with van der Waals surface area (Å²) < 4.78 is 90.6. The van der Waals surface area contributed by atoms with Gasteiger partial charge in [-0.15, -0.1) is 0 Å². The summed E-state index contributed by atoms with van der Waals surface area (Å²) in [5.74, 6) is -10.8. The van der Waals surface area contributed by atoms with Crippen molar-refractivity contribution in [2.24, 2.45) is 0 Å². The van der Waals surface area contributed by atoms with E-state index < -0.39 is 178 Å². The number of ether oxygens (including phenoxy) is 16. The monoisotopic (exact) mass is 966 g/mol. The Morgan fingerprint density at radius 2 is 0.493 bits per heavy atom. The van der Waals surface area contributed by atoms with Gasteiger partial charge in [0.1, 0.15) is 50.3 Å². The van der Waals surface area contributed by atoms with Crippen molar-refractivity contribution in [3.05, 3.63) is 0 Å². The van der Waals surface area contributed by atoms with Crippen LogP contribution in [0.3, 0.4) is 0 Å². The lowest BCUT2D eigenvalue weighted by molar-refractivity contribution is -0.380. The van der Waals surface area contributed by atoms with Gasteiger partial charge in [-0.05, 0) is 0 Å². The maximum absolute atomic E-state index is 13.1. The fourth-order valence-electron chi connectivity index (χ4n) is 7.01. The van der Waals surface area contributed by atoms with E-state index in [1.807, 2.05) is 0 Å². The van der Waals surface area contributed by atoms with E-state index in [1.165, 1.54) is 0 Å². The van der Waals surface area contributed by atoms with Crippen LogP contribution in [0, 0.1) is 0 Å². The van der Waals surface area contributed by atoms with E-state index in [9.17, 15) is 52.7 Å². The topological polar surface area (TPSA) is 335 Å². The predicted molar refractivity (Wildman–Crippen MR) is 206 cm³/mol. The number of esters is 11. The quantitative estimate of drug-likeness (QED) is 0.114. The molecule has 0 aromatic heterocycles. The Labute approximate surface area is 382 Å². The Morgan fingerprint density at radius 1 is 0.269 bits per heavy atom. The van der Waals surface area contributed by atoms with Gasteiger partial charge in [-0.3, -0.25) is 52.7 Å². The standard InChI is InChI=1S/C40H54O27/c1-15(41)52-12-26-29(55-18(4)44)32(58-21(7)47)35(59-22(8)48)39(64-26)67-34-31(57-20(6)46)28(14-54-17(3)43)65-40(37(34)61-24(10)50)66-33-30(56-19(5)45)27(13-53-16(2)42)63-38(62-25(11)51)36(33)60-23(9)49/h26-40H,12-14H2,1-11H3. The summed E-state index contributed by atoms with van der Waals surface area (Å²) in [5, 5.41) is 0. The first-order chi connectivity index (χ1) is 31.3. The van der Waals surface area contributed by atoms with Gasteiger partial charge in [0.15, 0.2) is 55.3 Å². The molecule has 3 heterocycles. The molecular formula is C40H54O27. The maximum Gasteiger partial charge on any atom is 0.305 e. The first-order valence-electron chi connectivity index (χ1n) is 20.3. The van der Waals surface area contributed by atoms with Crippen LogP contribution in [0.2, 0.25) is 0 Å². The van der Waals surface area contributed by atoms with Crippen LogP contribution in [0.4, 0.5) is 0 Å². The third kappa shape index (κ3) is 17.0. The minimum atomic E-state index is -2.13. The molecule has 3 fully saturated rings. The lowest BCUT2D eigenvalue weighted by Gasteiger charge is -2.50. The fraction of sp³-hybridized carbons (Fsp3) is 0.725. The van der Waals surface area contributed by atoms with Crippen molar-refractivity contribution >= 4 is 65.7 Å². The van der Waals surface area contributed by atoms with Crippen molar-refractivity contribution in [2.45, 2.75) is 168 Å². The zero-order valence-corrected chi connectivity index (χ0v) is 38.3. The summed E-state index contributed by atoms with van der Waals surface area (Å²) in [7, 11) is 0. The Morgan fingerprint density at radius 3 is 0.776 bits per heavy atom. The van der Waals surface area contributed by atoms with Crippen molar-refractivity contribution in [3.63, 3.8) is 0 Å². The average molecular weight is 967 g/mol. The van der Waals surface area contributed by atoms with Crippen LogP contribution in [0.25, 0.3) is 0 Å². The van der Waals surface area contributed by atoms with E-state index in [4.69, 9.17) is 75.8 Å². The molecule has 27 heteroatoms. The number of carbonyl (C=O) groups is 11. The van der Waals surface area contributed by atoms with Gasteiger partial charge in [0.2, 0.25) is 6.29 Å². The largest absolute Gasteiger partial charge is 0.463 e. The van der Waals surface area contributed by atoms with Gasteiger partial charge in [0.05, 0.1) is 0 Å². The van der Waals surface area contributed by atoms with Crippen molar-refractivity contribution in [1.29, 1.82) is 0 Å². The number of rotatable bonds is 18. The highest BCUT2D eigenvalue weighted by Crippen LogP contribution is 2.38. The molecule has 0 bridgehead atoms. The summed E-state index contributed by atoms with van der Waals surface area (Å²) in [5.41, 5.74) is 0.